The molecule has 0 aliphatic carbocycles. The fourth-order valence-corrected chi connectivity index (χ4v) is 5.97. The van der Waals surface area contributed by atoms with E-state index in [2.05, 4.69) is 54.8 Å². The molecule has 3 atom stereocenters. The first kappa shape index (κ1) is 49.7. The van der Waals surface area contributed by atoms with Gasteiger partial charge in [0, 0.05) is 12.8 Å². The molecule has 0 aromatic carbocycles. The first-order valence-corrected chi connectivity index (χ1v) is 21.5. The van der Waals surface area contributed by atoms with Gasteiger partial charge in [-0.2, -0.15) is 0 Å². The summed E-state index contributed by atoms with van der Waals surface area (Å²) in [6.07, 6.45) is 36.4. The lowest BCUT2D eigenvalue weighted by atomic mass is 10.1. The highest BCUT2D eigenvalue weighted by Crippen LogP contribution is 2.43. The number of carboxylic acid groups (broad SMARTS) is 1. The summed E-state index contributed by atoms with van der Waals surface area (Å²) >= 11 is 0. The van der Waals surface area contributed by atoms with Crippen LogP contribution >= 0.6 is 7.82 Å². The van der Waals surface area contributed by atoms with E-state index >= 15 is 0 Å². The molecule has 0 spiro atoms. The normalized spacial score (nSPS) is 14.2. The molecule has 0 amide bonds. The SMILES string of the molecule is CCCCCC=CCC=CCC=CCCCCCCC(=O)O[C@H](COC(=O)CCCCCCCCCCCCC)COP(=O)(O)OC[C@H](N)C(=O)O. The maximum Gasteiger partial charge on any atom is 0.472 e. The molecule has 0 aliphatic rings. The first-order valence-electron chi connectivity index (χ1n) is 20.0. The molecule has 1 unspecified atom stereocenters. The number of carboxylic acids is 1. The second kappa shape index (κ2) is 35.7. The molecule has 0 aliphatic heterocycles. The zero-order valence-corrected chi connectivity index (χ0v) is 33.3. The van der Waals surface area contributed by atoms with Gasteiger partial charge in [-0.1, -0.05) is 140 Å². The summed E-state index contributed by atoms with van der Waals surface area (Å²) in [5, 5.41) is 8.86. The lowest BCUT2D eigenvalue weighted by molar-refractivity contribution is -0.161. The molecule has 0 bridgehead atoms. The van der Waals surface area contributed by atoms with Crippen molar-refractivity contribution in [2.45, 2.75) is 180 Å². The van der Waals surface area contributed by atoms with E-state index in [0.29, 0.717) is 12.8 Å². The summed E-state index contributed by atoms with van der Waals surface area (Å²) < 4.78 is 32.6. The number of phosphoric ester groups is 1. The van der Waals surface area contributed by atoms with Crippen LogP contribution in [0.5, 0.6) is 0 Å². The number of rotatable bonds is 37. The molecule has 0 fully saturated rings. The Hall–Kier alpha value is -2.30. The predicted octanol–water partition coefficient (Wildman–Crippen LogP) is 10.1. The molecule has 302 valence electrons. The van der Waals surface area contributed by atoms with E-state index < -0.39 is 51.1 Å². The van der Waals surface area contributed by atoms with Crippen LogP contribution in [0.1, 0.15) is 168 Å². The summed E-state index contributed by atoms with van der Waals surface area (Å²) in [5.74, 6) is -2.41. The van der Waals surface area contributed by atoms with Crippen molar-refractivity contribution in [3.05, 3.63) is 36.5 Å². The monoisotopic (exact) mass is 757 g/mol. The summed E-state index contributed by atoms with van der Waals surface area (Å²) in [7, 11) is -4.71. The average Bonchev–Trinajstić information content (AvgIpc) is 3.12. The smallest absolute Gasteiger partial charge is 0.472 e. The third-order valence-corrected chi connectivity index (χ3v) is 9.34. The van der Waals surface area contributed by atoms with Gasteiger partial charge in [0.05, 0.1) is 13.2 Å². The maximum absolute atomic E-state index is 12.6. The van der Waals surface area contributed by atoms with Crippen LogP contribution in [0.15, 0.2) is 36.5 Å². The minimum absolute atomic E-state index is 0.137. The third kappa shape index (κ3) is 34.8. The van der Waals surface area contributed by atoms with Gasteiger partial charge in [-0.05, 0) is 51.4 Å². The highest BCUT2D eigenvalue weighted by molar-refractivity contribution is 7.47. The van der Waals surface area contributed by atoms with Gasteiger partial charge in [0.25, 0.3) is 0 Å². The van der Waals surface area contributed by atoms with Crippen molar-refractivity contribution in [2.24, 2.45) is 5.73 Å². The molecule has 11 nitrogen and oxygen atoms in total. The minimum Gasteiger partial charge on any atom is -0.480 e. The van der Waals surface area contributed by atoms with Crippen molar-refractivity contribution in [3.8, 4) is 0 Å². The quantitative estimate of drug-likeness (QED) is 0.0238. The Kier molecular flexibility index (Phi) is 34.1. The van der Waals surface area contributed by atoms with E-state index in [-0.39, 0.29) is 19.4 Å². The Morgan fingerprint density at radius 3 is 1.56 bits per heavy atom. The van der Waals surface area contributed by atoms with Gasteiger partial charge < -0.3 is 25.2 Å². The van der Waals surface area contributed by atoms with Crippen LogP contribution in [0, 0.1) is 0 Å². The Labute approximate surface area is 314 Å². The number of aliphatic carboxylic acids is 1. The second-order valence-electron chi connectivity index (χ2n) is 13.4. The van der Waals surface area contributed by atoms with Crippen molar-refractivity contribution >= 4 is 25.7 Å². The predicted molar refractivity (Wildman–Crippen MR) is 208 cm³/mol. The molecular formula is C40H72NO10P. The number of carbonyl (C=O) groups excluding carboxylic acids is 2. The fraction of sp³-hybridized carbons (Fsp3) is 0.775. The number of esters is 2. The highest BCUT2D eigenvalue weighted by Gasteiger charge is 2.28. The number of phosphoric acid groups is 1. The molecule has 0 heterocycles. The Bertz CT molecular complexity index is 1030. The number of nitrogens with two attached hydrogens (primary N) is 1. The van der Waals surface area contributed by atoms with Gasteiger partial charge in [-0.25, -0.2) is 4.57 Å². The summed E-state index contributed by atoms with van der Waals surface area (Å²) in [6.45, 7) is 2.73. The number of allylic oxidation sites excluding steroid dienone is 6. The van der Waals surface area contributed by atoms with Gasteiger partial charge in [-0.15, -0.1) is 0 Å². The van der Waals surface area contributed by atoms with E-state index in [1.54, 1.807) is 0 Å². The Morgan fingerprint density at radius 2 is 1.02 bits per heavy atom. The summed E-state index contributed by atoms with van der Waals surface area (Å²) in [4.78, 5) is 45.8. The molecular weight excluding hydrogens is 685 g/mol. The number of unbranched alkanes of at least 4 members (excludes halogenated alkanes) is 17. The Balaban J connectivity index is 4.45. The third-order valence-electron chi connectivity index (χ3n) is 8.39. The van der Waals surface area contributed by atoms with Gasteiger partial charge in [-0.3, -0.25) is 23.4 Å². The molecule has 0 saturated heterocycles. The minimum atomic E-state index is -4.71. The molecule has 0 rings (SSSR count). The van der Waals surface area contributed by atoms with Crippen LogP contribution in [-0.2, 0) is 37.5 Å². The second-order valence-corrected chi connectivity index (χ2v) is 14.9. The van der Waals surface area contributed by atoms with Crippen molar-refractivity contribution in [1.29, 1.82) is 0 Å². The van der Waals surface area contributed by atoms with Crippen LogP contribution in [0.4, 0.5) is 0 Å². The van der Waals surface area contributed by atoms with E-state index in [0.717, 1.165) is 64.2 Å². The van der Waals surface area contributed by atoms with Gasteiger partial charge in [0.2, 0.25) is 0 Å². The van der Waals surface area contributed by atoms with Crippen LogP contribution in [0.2, 0.25) is 0 Å². The Morgan fingerprint density at radius 1 is 0.596 bits per heavy atom. The summed E-state index contributed by atoms with van der Waals surface area (Å²) in [5.41, 5.74) is 5.32. The number of ether oxygens (including phenoxy) is 2. The average molecular weight is 758 g/mol. The molecule has 4 N–H and O–H groups in total. The summed E-state index contributed by atoms with van der Waals surface area (Å²) in [6, 6.07) is -1.52. The van der Waals surface area contributed by atoms with Crippen molar-refractivity contribution in [1.82, 2.24) is 0 Å². The zero-order chi connectivity index (χ0) is 38.5. The lowest BCUT2D eigenvalue weighted by Crippen LogP contribution is -2.34. The van der Waals surface area contributed by atoms with Gasteiger partial charge >= 0.3 is 25.7 Å². The molecule has 12 heteroatoms. The van der Waals surface area contributed by atoms with Gasteiger partial charge in [0.15, 0.2) is 6.10 Å². The number of carbonyl (C=O) groups is 3. The van der Waals surface area contributed by atoms with Crippen molar-refractivity contribution in [3.63, 3.8) is 0 Å². The van der Waals surface area contributed by atoms with E-state index in [1.807, 2.05) is 0 Å². The first-order chi connectivity index (χ1) is 25.1. The molecule has 52 heavy (non-hydrogen) atoms. The maximum atomic E-state index is 12.6. The topological polar surface area (TPSA) is 172 Å². The van der Waals surface area contributed by atoms with Gasteiger partial charge in [0.1, 0.15) is 12.6 Å². The molecule has 0 saturated carbocycles. The zero-order valence-electron chi connectivity index (χ0n) is 32.4. The van der Waals surface area contributed by atoms with Crippen LogP contribution in [-0.4, -0.2) is 59.9 Å². The molecule has 0 radical (unpaired) electrons. The van der Waals surface area contributed by atoms with Crippen LogP contribution in [0.25, 0.3) is 0 Å². The highest BCUT2D eigenvalue weighted by atomic mass is 31.2. The fourth-order valence-electron chi connectivity index (χ4n) is 5.19. The largest absolute Gasteiger partial charge is 0.480 e. The van der Waals surface area contributed by atoms with E-state index in [4.69, 9.17) is 24.8 Å². The molecule has 0 aromatic heterocycles. The van der Waals surface area contributed by atoms with Crippen LogP contribution in [0.3, 0.4) is 0 Å². The van der Waals surface area contributed by atoms with Crippen molar-refractivity contribution in [2.75, 3.05) is 19.8 Å². The van der Waals surface area contributed by atoms with Crippen LogP contribution < -0.4 is 5.73 Å². The van der Waals surface area contributed by atoms with E-state index in [1.165, 1.54) is 64.2 Å². The van der Waals surface area contributed by atoms with E-state index in [9.17, 15) is 23.8 Å². The number of hydrogen-bond donors (Lipinski definition) is 3. The molecule has 0 aromatic rings. The van der Waals surface area contributed by atoms with Crippen molar-refractivity contribution < 1.29 is 47.5 Å². The lowest BCUT2D eigenvalue weighted by Gasteiger charge is -2.20. The number of hydrogen-bond acceptors (Lipinski definition) is 9. The standard InChI is InChI=1S/C40H72NO10P/c1-3-5-7-9-11-13-15-16-17-18-19-20-22-24-26-28-30-32-39(43)51-36(34-49-52(46,47)50-35-37(41)40(44)45)33-48-38(42)31-29-27-25-23-21-14-12-10-8-6-4-2/h11,13,16-17,19-20,36-37H,3-10,12,14-15,18,21-35,41H2,1-2H3,(H,44,45)(H,46,47)/t36-,37+/m1/s1.